The van der Waals surface area contributed by atoms with Gasteiger partial charge in [-0.3, -0.25) is 0 Å². The third-order valence-electron chi connectivity index (χ3n) is 2.39. The summed E-state index contributed by atoms with van der Waals surface area (Å²) < 4.78 is 10.6. The first-order chi connectivity index (χ1) is 5.76. The van der Waals surface area contributed by atoms with E-state index in [9.17, 15) is 0 Å². The predicted molar refractivity (Wildman–Crippen MR) is 45.7 cm³/mol. The highest BCUT2D eigenvalue weighted by molar-refractivity contribution is 4.83. The molecule has 3 nitrogen and oxygen atoms in total. The Morgan fingerprint density at radius 1 is 1.58 bits per heavy atom. The molecule has 3 heteroatoms. The number of hydrogen-bond donors (Lipinski definition) is 1. The van der Waals surface area contributed by atoms with E-state index in [-0.39, 0.29) is 18.3 Å². The summed E-state index contributed by atoms with van der Waals surface area (Å²) in [6.45, 7) is 6.82. The van der Waals surface area contributed by atoms with Crippen LogP contribution in [0.5, 0.6) is 0 Å². The summed E-state index contributed by atoms with van der Waals surface area (Å²) >= 11 is 0. The molecule has 1 heterocycles. The Hall–Kier alpha value is -0.380. The standard InChI is InChI=1S/C9H16O3/c1-3-8-11-6-9(4-2,5-10)7-12-8/h3,8,10H,1,4-7H2,2H3. The van der Waals surface area contributed by atoms with Gasteiger partial charge in [-0.2, -0.15) is 0 Å². The first-order valence-electron chi connectivity index (χ1n) is 4.23. The molecule has 0 spiro atoms. The van der Waals surface area contributed by atoms with E-state index in [4.69, 9.17) is 14.6 Å². The van der Waals surface area contributed by atoms with Gasteiger partial charge in [-0.15, -0.1) is 0 Å². The molecule has 1 N–H and O–H groups in total. The van der Waals surface area contributed by atoms with Crippen LogP contribution < -0.4 is 0 Å². The molecule has 1 aliphatic heterocycles. The van der Waals surface area contributed by atoms with E-state index in [0.29, 0.717) is 13.2 Å². The van der Waals surface area contributed by atoms with Gasteiger partial charge in [0.1, 0.15) is 0 Å². The Balaban J connectivity index is 2.47. The SMILES string of the molecule is C=CC1OCC(CC)(CO)CO1. The van der Waals surface area contributed by atoms with E-state index in [2.05, 4.69) is 6.58 Å². The smallest absolute Gasteiger partial charge is 0.176 e. The van der Waals surface area contributed by atoms with Crippen LogP contribution in [-0.2, 0) is 9.47 Å². The largest absolute Gasteiger partial charge is 0.396 e. The minimum absolute atomic E-state index is 0.118. The lowest BCUT2D eigenvalue weighted by Gasteiger charge is -2.37. The fourth-order valence-electron chi connectivity index (χ4n) is 1.15. The van der Waals surface area contributed by atoms with E-state index in [1.165, 1.54) is 0 Å². The summed E-state index contributed by atoms with van der Waals surface area (Å²) in [7, 11) is 0. The maximum atomic E-state index is 9.11. The lowest BCUT2D eigenvalue weighted by molar-refractivity contribution is -0.215. The molecular formula is C9H16O3. The van der Waals surface area contributed by atoms with Crippen molar-refractivity contribution in [3.8, 4) is 0 Å². The summed E-state index contributed by atoms with van der Waals surface area (Å²) in [6.07, 6.45) is 2.20. The van der Waals surface area contributed by atoms with Gasteiger partial charge < -0.3 is 14.6 Å². The van der Waals surface area contributed by atoms with Gasteiger partial charge in [-0.1, -0.05) is 13.5 Å². The van der Waals surface area contributed by atoms with Crippen LogP contribution in [0, 0.1) is 5.41 Å². The lowest BCUT2D eigenvalue weighted by atomic mass is 9.87. The number of aliphatic hydroxyl groups is 1. The monoisotopic (exact) mass is 172 g/mol. The minimum atomic E-state index is -0.295. The molecule has 70 valence electrons. The third kappa shape index (κ3) is 1.86. The van der Waals surface area contributed by atoms with Gasteiger partial charge >= 0.3 is 0 Å². The average Bonchev–Trinajstić information content (AvgIpc) is 2.18. The van der Waals surface area contributed by atoms with Gasteiger partial charge in [-0.25, -0.2) is 0 Å². The van der Waals surface area contributed by atoms with E-state index in [0.717, 1.165) is 6.42 Å². The normalized spacial score (nSPS) is 36.3. The van der Waals surface area contributed by atoms with E-state index < -0.39 is 0 Å². The zero-order valence-corrected chi connectivity index (χ0v) is 7.45. The predicted octanol–water partition coefficient (Wildman–Crippen LogP) is 0.934. The van der Waals surface area contributed by atoms with Gasteiger partial charge in [0.2, 0.25) is 0 Å². The van der Waals surface area contributed by atoms with Crippen LogP contribution in [0.3, 0.4) is 0 Å². The highest BCUT2D eigenvalue weighted by Crippen LogP contribution is 2.27. The molecule has 0 atom stereocenters. The fraction of sp³-hybridized carbons (Fsp3) is 0.778. The van der Waals surface area contributed by atoms with Crippen LogP contribution >= 0.6 is 0 Å². The van der Waals surface area contributed by atoms with Crippen LogP contribution in [0.1, 0.15) is 13.3 Å². The van der Waals surface area contributed by atoms with Crippen LogP contribution in [0.15, 0.2) is 12.7 Å². The number of hydrogen-bond acceptors (Lipinski definition) is 3. The molecule has 1 saturated heterocycles. The first-order valence-corrected chi connectivity index (χ1v) is 4.23. The minimum Gasteiger partial charge on any atom is -0.396 e. The van der Waals surface area contributed by atoms with Crippen molar-refractivity contribution in [3.05, 3.63) is 12.7 Å². The maximum absolute atomic E-state index is 9.11. The highest BCUT2D eigenvalue weighted by Gasteiger charge is 2.33. The Morgan fingerprint density at radius 3 is 2.50 bits per heavy atom. The van der Waals surface area contributed by atoms with Crippen molar-refractivity contribution in [2.45, 2.75) is 19.6 Å². The van der Waals surface area contributed by atoms with Gasteiger partial charge in [-0.05, 0) is 12.5 Å². The van der Waals surface area contributed by atoms with Gasteiger partial charge in [0, 0.05) is 5.41 Å². The molecule has 0 aliphatic carbocycles. The number of aliphatic hydroxyl groups excluding tert-OH is 1. The number of rotatable bonds is 3. The maximum Gasteiger partial charge on any atom is 0.176 e. The second-order valence-corrected chi connectivity index (χ2v) is 3.24. The third-order valence-corrected chi connectivity index (χ3v) is 2.39. The van der Waals surface area contributed by atoms with Gasteiger partial charge in [0.25, 0.3) is 0 Å². The highest BCUT2D eigenvalue weighted by atomic mass is 16.7. The second kappa shape index (κ2) is 4.03. The summed E-state index contributed by atoms with van der Waals surface area (Å²) in [5.41, 5.74) is -0.195. The zero-order chi connectivity index (χ0) is 9.03. The van der Waals surface area contributed by atoms with Crippen molar-refractivity contribution >= 4 is 0 Å². The molecule has 0 radical (unpaired) electrons. The molecule has 1 rings (SSSR count). The number of ether oxygens (including phenoxy) is 2. The fourth-order valence-corrected chi connectivity index (χ4v) is 1.15. The Labute approximate surface area is 73.0 Å². The molecule has 0 saturated carbocycles. The summed E-state index contributed by atoms with van der Waals surface area (Å²) in [4.78, 5) is 0. The van der Waals surface area contributed by atoms with Crippen LogP contribution in [-0.4, -0.2) is 31.2 Å². The molecule has 0 aromatic rings. The van der Waals surface area contributed by atoms with Crippen molar-refractivity contribution in [2.24, 2.45) is 5.41 Å². The average molecular weight is 172 g/mol. The van der Waals surface area contributed by atoms with Crippen LogP contribution in [0.25, 0.3) is 0 Å². The van der Waals surface area contributed by atoms with Gasteiger partial charge in [0.15, 0.2) is 6.29 Å². The molecule has 0 unspecified atom stereocenters. The van der Waals surface area contributed by atoms with Crippen molar-refractivity contribution < 1.29 is 14.6 Å². The topological polar surface area (TPSA) is 38.7 Å². The molecule has 1 fully saturated rings. The molecule has 0 amide bonds. The van der Waals surface area contributed by atoms with E-state index >= 15 is 0 Å². The van der Waals surface area contributed by atoms with Crippen LogP contribution in [0.2, 0.25) is 0 Å². The Bertz CT molecular complexity index is 142. The quantitative estimate of drug-likeness (QED) is 0.644. The summed E-state index contributed by atoms with van der Waals surface area (Å²) in [6, 6.07) is 0. The van der Waals surface area contributed by atoms with Crippen molar-refractivity contribution in [1.82, 2.24) is 0 Å². The summed E-state index contributed by atoms with van der Waals surface area (Å²) in [5.74, 6) is 0. The van der Waals surface area contributed by atoms with Crippen molar-refractivity contribution in [1.29, 1.82) is 0 Å². The lowest BCUT2D eigenvalue weighted by Crippen LogP contribution is -2.43. The van der Waals surface area contributed by atoms with Crippen molar-refractivity contribution in [2.75, 3.05) is 19.8 Å². The first kappa shape index (κ1) is 9.71. The second-order valence-electron chi connectivity index (χ2n) is 3.24. The van der Waals surface area contributed by atoms with E-state index in [1.54, 1.807) is 6.08 Å². The molecule has 12 heavy (non-hydrogen) atoms. The molecule has 0 bridgehead atoms. The molecule has 0 aromatic heterocycles. The van der Waals surface area contributed by atoms with Gasteiger partial charge in [0.05, 0.1) is 19.8 Å². The van der Waals surface area contributed by atoms with E-state index in [1.807, 2.05) is 6.92 Å². The van der Waals surface area contributed by atoms with Crippen LogP contribution in [0.4, 0.5) is 0 Å². The Morgan fingerprint density at radius 2 is 2.17 bits per heavy atom. The summed E-state index contributed by atoms with van der Waals surface area (Å²) in [5, 5.41) is 9.11. The molecular weight excluding hydrogens is 156 g/mol. The Kier molecular flexibility index (Phi) is 3.26. The molecule has 0 aromatic carbocycles. The molecule has 1 aliphatic rings. The zero-order valence-electron chi connectivity index (χ0n) is 7.45. The van der Waals surface area contributed by atoms with Crippen molar-refractivity contribution in [3.63, 3.8) is 0 Å².